The summed E-state index contributed by atoms with van der Waals surface area (Å²) in [4.78, 5) is 7.98. The van der Waals surface area contributed by atoms with Crippen molar-refractivity contribution >= 4 is 40.6 Å². The molecule has 6 heteroatoms. The summed E-state index contributed by atoms with van der Waals surface area (Å²) in [6.07, 6.45) is 6.00. The monoisotopic (exact) mass is 307 g/mol. The van der Waals surface area contributed by atoms with Crippen LogP contribution in [-0.2, 0) is 6.54 Å². The third kappa shape index (κ3) is 4.96. The zero-order valence-corrected chi connectivity index (χ0v) is 13.3. The number of thioether (sulfide) groups is 1. The van der Waals surface area contributed by atoms with Crippen LogP contribution in [0.4, 0.5) is 5.13 Å². The lowest BCUT2D eigenvalue weighted by Gasteiger charge is -2.22. The molecule has 2 rings (SSSR count). The predicted octanol–water partition coefficient (Wildman–Crippen LogP) is 3.25. The van der Waals surface area contributed by atoms with Gasteiger partial charge in [-0.3, -0.25) is 4.90 Å². The van der Waals surface area contributed by atoms with Gasteiger partial charge in [0.2, 0.25) is 0 Å². The van der Waals surface area contributed by atoms with Crippen molar-refractivity contribution in [3.05, 3.63) is 11.1 Å². The van der Waals surface area contributed by atoms with Gasteiger partial charge in [0.05, 0.1) is 0 Å². The second-order valence-electron chi connectivity index (χ2n) is 4.47. The van der Waals surface area contributed by atoms with Crippen molar-refractivity contribution in [1.29, 1.82) is 0 Å². The third-order valence-corrected chi connectivity index (χ3v) is 5.07. The molecule has 1 fully saturated rings. The highest BCUT2D eigenvalue weighted by molar-refractivity contribution is 7.99. The Bertz CT molecular complexity index is 346. The molecule has 2 heterocycles. The number of nitrogens with two attached hydrogens (primary N) is 1. The summed E-state index contributed by atoms with van der Waals surface area (Å²) in [6, 6.07) is 0. The Hall–Kier alpha value is 0.0300. The van der Waals surface area contributed by atoms with E-state index >= 15 is 0 Å². The van der Waals surface area contributed by atoms with Gasteiger partial charge in [0.15, 0.2) is 5.13 Å². The number of anilines is 1. The summed E-state index contributed by atoms with van der Waals surface area (Å²) in [5, 5.41) is 1.50. The van der Waals surface area contributed by atoms with Crippen LogP contribution in [0.25, 0.3) is 0 Å². The fourth-order valence-electron chi connectivity index (χ4n) is 2.31. The van der Waals surface area contributed by atoms with Gasteiger partial charge >= 0.3 is 0 Å². The van der Waals surface area contributed by atoms with Crippen molar-refractivity contribution in [2.24, 2.45) is 0 Å². The van der Waals surface area contributed by atoms with Gasteiger partial charge in [0, 0.05) is 29.4 Å². The van der Waals surface area contributed by atoms with Crippen LogP contribution in [0.1, 0.15) is 31.1 Å². The Morgan fingerprint density at radius 2 is 2.39 bits per heavy atom. The maximum atomic E-state index is 5.67. The fourth-order valence-corrected chi connectivity index (χ4v) is 4.16. The van der Waals surface area contributed by atoms with E-state index in [1.165, 1.54) is 43.0 Å². The first-order valence-corrected chi connectivity index (χ1v) is 8.18. The van der Waals surface area contributed by atoms with Gasteiger partial charge in [0.25, 0.3) is 0 Å². The molecule has 1 saturated heterocycles. The van der Waals surface area contributed by atoms with Crippen molar-refractivity contribution in [2.45, 2.75) is 38.0 Å². The molecule has 1 aromatic rings. The van der Waals surface area contributed by atoms with Gasteiger partial charge < -0.3 is 5.73 Å². The van der Waals surface area contributed by atoms with E-state index in [0.29, 0.717) is 5.13 Å². The minimum Gasteiger partial charge on any atom is -0.375 e. The molecule has 0 aromatic carbocycles. The molecule has 1 aliphatic heterocycles. The minimum atomic E-state index is 0. The lowest BCUT2D eigenvalue weighted by atomic mass is 10.2. The van der Waals surface area contributed by atoms with E-state index in [0.717, 1.165) is 11.8 Å². The van der Waals surface area contributed by atoms with Crippen LogP contribution >= 0.6 is 35.5 Å². The number of hydrogen-bond acceptors (Lipinski definition) is 5. The third-order valence-electron chi connectivity index (χ3n) is 3.07. The first kappa shape index (κ1) is 16.1. The van der Waals surface area contributed by atoms with E-state index in [-0.39, 0.29) is 12.4 Å². The molecular formula is C12H22ClN3S2. The summed E-state index contributed by atoms with van der Waals surface area (Å²) >= 11 is 3.73. The van der Waals surface area contributed by atoms with Crippen LogP contribution in [0.2, 0.25) is 0 Å². The summed E-state index contributed by atoms with van der Waals surface area (Å²) in [5.74, 6) is 1.23. The van der Waals surface area contributed by atoms with Crippen molar-refractivity contribution in [2.75, 3.05) is 24.6 Å². The first-order chi connectivity index (χ1) is 8.28. The SMILES string of the molecule is CCSC1CCCCN(Cc2cnc(N)s2)C1.Cl. The lowest BCUT2D eigenvalue weighted by molar-refractivity contribution is 0.282. The zero-order valence-electron chi connectivity index (χ0n) is 10.8. The number of halogens is 1. The van der Waals surface area contributed by atoms with Gasteiger partial charge in [-0.15, -0.1) is 23.7 Å². The average Bonchev–Trinajstić information content (AvgIpc) is 2.58. The number of rotatable bonds is 4. The van der Waals surface area contributed by atoms with Gasteiger partial charge in [0.1, 0.15) is 0 Å². The van der Waals surface area contributed by atoms with Crippen molar-refractivity contribution in [3.8, 4) is 0 Å². The Labute approximate surface area is 124 Å². The molecule has 3 nitrogen and oxygen atoms in total. The smallest absolute Gasteiger partial charge is 0.180 e. The number of nitrogens with zero attached hydrogens (tertiary/aromatic N) is 2. The normalized spacial score (nSPS) is 21.3. The Morgan fingerprint density at radius 3 is 3.06 bits per heavy atom. The summed E-state index contributed by atoms with van der Waals surface area (Å²) in [5.41, 5.74) is 5.67. The van der Waals surface area contributed by atoms with Crippen LogP contribution < -0.4 is 5.73 Å². The van der Waals surface area contributed by atoms with Crippen LogP contribution in [-0.4, -0.2) is 34.0 Å². The van der Waals surface area contributed by atoms with Gasteiger partial charge in [-0.1, -0.05) is 13.3 Å². The number of aromatic nitrogens is 1. The zero-order chi connectivity index (χ0) is 12.1. The second kappa shape index (κ2) is 8.25. The fraction of sp³-hybridized carbons (Fsp3) is 0.750. The molecule has 2 N–H and O–H groups in total. The number of likely N-dealkylation sites (tertiary alicyclic amines) is 1. The van der Waals surface area contributed by atoms with E-state index in [1.807, 2.05) is 6.20 Å². The molecule has 0 spiro atoms. The first-order valence-electron chi connectivity index (χ1n) is 6.32. The van der Waals surface area contributed by atoms with Crippen LogP contribution in [0.5, 0.6) is 0 Å². The van der Waals surface area contributed by atoms with E-state index in [2.05, 4.69) is 28.6 Å². The molecule has 0 bridgehead atoms. The molecular weight excluding hydrogens is 286 g/mol. The van der Waals surface area contributed by atoms with Gasteiger partial charge in [-0.25, -0.2) is 4.98 Å². The molecule has 1 aromatic heterocycles. The Balaban J connectivity index is 0.00000162. The van der Waals surface area contributed by atoms with E-state index in [1.54, 1.807) is 11.3 Å². The highest BCUT2D eigenvalue weighted by Crippen LogP contribution is 2.24. The molecule has 18 heavy (non-hydrogen) atoms. The molecule has 0 amide bonds. The minimum absolute atomic E-state index is 0. The maximum Gasteiger partial charge on any atom is 0.180 e. The molecule has 0 aliphatic carbocycles. The molecule has 104 valence electrons. The highest BCUT2D eigenvalue weighted by atomic mass is 35.5. The molecule has 1 atom stereocenters. The second-order valence-corrected chi connectivity index (χ2v) is 7.20. The van der Waals surface area contributed by atoms with E-state index < -0.39 is 0 Å². The lowest BCUT2D eigenvalue weighted by Crippen LogP contribution is -2.29. The van der Waals surface area contributed by atoms with Crippen LogP contribution in [0, 0.1) is 0 Å². The topological polar surface area (TPSA) is 42.2 Å². The van der Waals surface area contributed by atoms with Crippen molar-refractivity contribution in [3.63, 3.8) is 0 Å². The number of hydrogen-bond donors (Lipinski definition) is 1. The Kier molecular flexibility index (Phi) is 7.37. The van der Waals surface area contributed by atoms with Crippen LogP contribution in [0.3, 0.4) is 0 Å². The number of thiazole rings is 1. The van der Waals surface area contributed by atoms with Crippen LogP contribution in [0.15, 0.2) is 6.20 Å². The standard InChI is InChI=1S/C12H21N3S2.ClH/c1-2-16-10-5-3-4-6-15(8-10)9-11-7-14-12(13)17-11;/h7,10H,2-6,8-9H2,1H3,(H2,13,14);1H. The summed E-state index contributed by atoms with van der Waals surface area (Å²) < 4.78 is 0. The largest absolute Gasteiger partial charge is 0.375 e. The molecule has 1 unspecified atom stereocenters. The maximum absolute atomic E-state index is 5.67. The average molecular weight is 308 g/mol. The molecule has 0 radical (unpaired) electrons. The van der Waals surface area contributed by atoms with Gasteiger partial charge in [-0.2, -0.15) is 11.8 Å². The van der Waals surface area contributed by atoms with Gasteiger partial charge in [-0.05, 0) is 25.1 Å². The van der Waals surface area contributed by atoms with Crippen molar-refractivity contribution < 1.29 is 0 Å². The van der Waals surface area contributed by atoms with E-state index in [9.17, 15) is 0 Å². The predicted molar refractivity (Wildman–Crippen MR) is 84.8 cm³/mol. The number of nitrogen functional groups attached to an aromatic ring is 1. The Morgan fingerprint density at radius 1 is 1.56 bits per heavy atom. The quantitative estimate of drug-likeness (QED) is 0.927. The highest BCUT2D eigenvalue weighted by Gasteiger charge is 2.18. The van der Waals surface area contributed by atoms with E-state index in [4.69, 9.17) is 5.73 Å². The molecule has 1 aliphatic rings. The summed E-state index contributed by atoms with van der Waals surface area (Å²) in [6.45, 7) is 5.72. The summed E-state index contributed by atoms with van der Waals surface area (Å²) in [7, 11) is 0. The molecule has 0 saturated carbocycles. The van der Waals surface area contributed by atoms with Crippen molar-refractivity contribution in [1.82, 2.24) is 9.88 Å².